The molecule has 0 spiro atoms. The first-order valence-corrected chi connectivity index (χ1v) is 8.35. The van der Waals surface area contributed by atoms with E-state index in [9.17, 15) is 5.11 Å². The molecule has 0 saturated carbocycles. The van der Waals surface area contributed by atoms with Crippen LogP contribution in [0.3, 0.4) is 0 Å². The fourth-order valence-electron chi connectivity index (χ4n) is 1.91. The second kappa shape index (κ2) is 6.95. The van der Waals surface area contributed by atoms with E-state index < -0.39 is 5.60 Å². The Bertz CT molecular complexity index is 585. The Morgan fingerprint density at radius 3 is 2.90 bits per heavy atom. The summed E-state index contributed by atoms with van der Waals surface area (Å²) in [6, 6.07) is 0. The van der Waals surface area contributed by atoms with Crippen LogP contribution >= 0.6 is 11.8 Å². The third kappa shape index (κ3) is 4.21. The molecule has 21 heavy (non-hydrogen) atoms. The van der Waals surface area contributed by atoms with Crippen molar-refractivity contribution in [2.75, 3.05) is 35.7 Å². The minimum atomic E-state index is -0.798. The van der Waals surface area contributed by atoms with Crippen LogP contribution in [0.15, 0.2) is 6.33 Å². The van der Waals surface area contributed by atoms with Crippen LogP contribution in [0.1, 0.15) is 20.3 Å². The van der Waals surface area contributed by atoms with E-state index in [0.717, 1.165) is 18.5 Å². The molecule has 2 heterocycles. The van der Waals surface area contributed by atoms with Crippen molar-refractivity contribution in [2.45, 2.75) is 25.9 Å². The molecule has 4 N–H and O–H groups in total. The monoisotopic (exact) mass is 310 g/mol. The average Bonchev–Trinajstić information content (AvgIpc) is 2.91. The number of hydrogen-bond acceptors (Lipinski definition) is 7. The van der Waals surface area contributed by atoms with Crippen molar-refractivity contribution >= 4 is 34.7 Å². The summed E-state index contributed by atoms with van der Waals surface area (Å²) >= 11 is 1.61. The van der Waals surface area contributed by atoms with E-state index in [2.05, 4.69) is 37.5 Å². The van der Waals surface area contributed by atoms with Crippen molar-refractivity contribution in [1.82, 2.24) is 19.9 Å². The SMILES string of the molecule is CCCNc1nc(NCC(C)(O)CSC)c2[nH]cnc2n1. The highest BCUT2D eigenvalue weighted by Crippen LogP contribution is 2.20. The third-order valence-electron chi connectivity index (χ3n) is 2.91. The van der Waals surface area contributed by atoms with Crippen LogP contribution in [-0.2, 0) is 0 Å². The summed E-state index contributed by atoms with van der Waals surface area (Å²) < 4.78 is 0. The Hall–Kier alpha value is -1.54. The number of rotatable bonds is 8. The Balaban J connectivity index is 2.18. The lowest BCUT2D eigenvalue weighted by molar-refractivity contribution is 0.0996. The van der Waals surface area contributed by atoms with E-state index in [1.165, 1.54) is 0 Å². The first-order chi connectivity index (χ1) is 10.1. The van der Waals surface area contributed by atoms with Gasteiger partial charge in [-0.15, -0.1) is 0 Å². The molecule has 2 rings (SSSR count). The number of aliphatic hydroxyl groups is 1. The lowest BCUT2D eigenvalue weighted by Crippen LogP contribution is -2.36. The lowest BCUT2D eigenvalue weighted by atomic mass is 10.1. The number of nitrogens with one attached hydrogen (secondary N) is 3. The predicted molar refractivity (Wildman–Crippen MR) is 88.0 cm³/mol. The third-order valence-corrected chi connectivity index (χ3v) is 3.82. The molecule has 8 heteroatoms. The van der Waals surface area contributed by atoms with Crippen molar-refractivity contribution in [3.8, 4) is 0 Å². The van der Waals surface area contributed by atoms with Crippen LogP contribution < -0.4 is 10.6 Å². The number of nitrogens with zero attached hydrogens (tertiary/aromatic N) is 3. The quantitative estimate of drug-likeness (QED) is 0.589. The molecule has 0 aromatic carbocycles. The molecule has 2 aromatic heterocycles. The van der Waals surface area contributed by atoms with Gasteiger partial charge >= 0.3 is 0 Å². The predicted octanol–water partition coefficient (Wildman–Crippen LogP) is 1.70. The summed E-state index contributed by atoms with van der Waals surface area (Å²) in [5.41, 5.74) is 0.556. The first kappa shape index (κ1) is 15.8. The van der Waals surface area contributed by atoms with Crippen LogP contribution in [0, 0.1) is 0 Å². The zero-order chi connectivity index (χ0) is 15.3. The number of aromatic nitrogens is 4. The van der Waals surface area contributed by atoms with Crippen LogP contribution in [0.4, 0.5) is 11.8 Å². The molecular formula is C13H22N6OS. The molecule has 0 fully saturated rings. The van der Waals surface area contributed by atoms with Gasteiger partial charge < -0.3 is 20.7 Å². The molecule has 0 aliphatic rings. The highest BCUT2D eigenvalue weighted by Gasteiger charge is 2.20. The van der Waals surface area contributed by atoms with Crippen LogP contribution in [0.5, 0.6) is 0 Å². The van der Waals surface area contributed by atoms with E-state index in [-0.39, 0.29) is 0 Å². The summed E-state index contributed by atoms with van der Waals surface area (Å²) in [4.78, 5) is 16.0. The summed E-state index contributed by atoms with van der Waals surface area (Å²) in [6.07, 6.45) is 4.56. The zero-order valence-corrected chi connectivity index (χ0v) is 13.4. The molecule has 1 unspecified atom stereocenters. The van der Waals surface area contributed by atoms with Gasteiger partial charge in [-0.2, -0.15) is 21.7 Å². The van der Waals surface area contributed by atoms with Gasteiger partial charge in [0.1, 0.15) is 5.52 Å². The molecule has 0 aliphatic carbocycles. The minimum Gasteiger partial charge on any atom is -0.387 e. The minimum absolute atomic E-state index is 0.409. The van der Waals surface area contributed by atoms with Crippen LogP contribution in [0.2, 0.25) is 0 Å². The maximum atomic E-state index is 10.2. The van der Waals surface area contributed by atoms with Gasteiger partial charge in [0, 0.05) is 18.8 Å². The van der Waals surface area contributed by atoms with E-state index in [0.29, 0.717) is 29.7 Å². The molecule has 0 bridgehead atoms. The Kier molecular flexibility index (Phi) is 5.24. The maximum Gasteiger partial charge on any atom is 0.226 e. The van der Waals surface area contributed by atoms with Crippen molar-refractivity contribution < 1.29 is 5.11 Å². The molecule has 116 valence electrons. The average molecular weight is 310 g/mol. The standard InChI is InChI=1S/C13H22N6OS/c1-4-5-14-12-18-10(9-11(19-12)17-8-16-9)15-6-13(2,20)7-21-3/h8,20H,4-7H2,1-3H3,(H3,14,15,16,17,18,19). The zero-order valence-electron chi connectivity index (χ0n) is 12.6. The van der Waals surface area contributed by atoms with Gasteiger partial charge in [-0.25, -0.2) is 4.98 Å². The topological polar surface area (TPSA) is 98.8 Å². The van der Waals surface area contributed by atoms with Gasteiger partial charge in [0.05, 0.1) is 11.9 Å². The van der Waals surface area contributed by atoms with Crippen molar-refractivity contribution in [3.05, 3.63) is 6.33 Å². The van der Waals surface area contributed by atoms with E-state index >= 15 is 0 Å². The van der Waals surface area contributed by atoms with E-state index in [4.69, 9.17) is 0 Å². The Morgan fingerprint density at radius 1 is 1.38 bits per heavy atom. The van der Waals surface area contributed by atoms with Gasteiger partial charge in [0.25, 0.3) is 0 Å². The summed E-state index contributed by atoms with van der Waals surface area (Å²) in [7, 11) is 0. The van der Waals surface area contributed by atoms with Gasteiger partial charge in [-0.05, 0) is 19.6 Å². The summed E-state index contributed by atoms with van der Waals surface area (Å²) in [6.45, 7) is 5.10. The smallest absolute Gasteiger partial charge is 0.226 e. The fraction of sp³-hybridized carbons (Fsp3) is 0.615. The van der Waals surface area contributed by atoms with Crippen molar-refractivity contribution in [2.24, 2.45) is 0 Å². The number of thioether (sulfide) groups is 1. The van der Waals surface area contributed by atoms with E-state index in [1.54, 1.807) is 25.0 Å². The number of fused-ring (bicyclic) bond motifs is 1. The fourth-order valence-corrected chi connectivity index (χ4v) is 2.64. The molecular weight excluding hydrogens is 288 g/mol. The lowest BCUT2D eigenvalue weighted by Gasteiger charge is -2.23. The summed E-state index contributed by atoms with van der Waals surface area (Å²) in [5, 5.41) is 16.6. The van der Waals surface area contributed by atoms with Crippen LogP contribution in [0.25, 0.3) is 11.2 Å². The van der Waals surface area contributed by atoms with Gasteiger partial charge in [-0.1, -0.05) is 6.92 Å². The number of aromatic amines is 1. The largest absolute Gasteiger partial charge is 0.387 e. The number of H-pyrrole nitrogens is 1. The van der Waals surface area contributed by atoms with Crippen molar-refractivity contribution in [3.63, 3.8) is 0 Å². The molecule has 0 saturated heterocycles. The van der Waals surface area contributed by atoms with Crippen molar-refractivity contribution in [1.29, 1.82) is 0 Å². The molecule has 0 amide bonds. The van der Waals surface area contributed by atoms with Crippen LogP contribution in [-0.4, -0.2) is 55.7 Å². The highest BCUT2D eigenvalue weighted by atomic mass is 32.2. The summed E-state index contributed by atoms with van der Waals surface area (Å²) in [5.74, 6) is 1.85. The maximum absolute atomic E-state index is 10.2. The second-order valence-corrected chi connectivity index (χ2v) is 6.07. The molecule has 1 atom stereocenters. The Morgan fingerprint density at radius 2 is 2.19 bits per heavy atom. The normalized spacial score (nSPS) is 14.1. The number of anilines is 2. The van der Waals surface area contributed by atoms with Gasteiger partial charge in [0.2, 0.25) is 5.95 Å². The van der Waals surface area contributed by atoms with Gasteiger partial charge in [-0.3, -0.25) is 0 Å². The van der Waals surface area contributed by atoms with Gasteiger partial charge in [0.15, 0.2) is 11.5 Å². The van der Waals surface area contributed by atoms with E-state index in [1.807, 2.05) is 6.26 Å². The molecule has 2 aromatic rings. The molecule has 7 nitrogen and oxygen atoms in total. The molecule has 0 radical (unpaired) electrons. The number of imidazole rings is 1. The molecule has 0 aliphatic heterocycles. The first-order valence-electron chi connectivity index (χ1n) is 6.96. The Labute approximate surface area is 128 Å². The number of hydrogen-bond donors (Lipinski definition) is 4. The second-order valence-electron chi connectivity index (χ2n) is 5.21. The highest BCUT2D eigenvalue weighted by molar-refractivity contribution is 7.98.